The molecule has 0 rings (SSSR count). The third-order valence-corrected chi connectivity index (χ3v) is 0.770. The molecular weight excluding hydrogens is 102 g/mol. The van der Waals surface area contributed by atoms with Crippen LogP contribution in [-0.4, -0.2) is 12.0 Å². The molecule has 0 atom stereocenters. The minimum absolute atomic E-state index is 0.0833. The Morgan fingerprint density at radius 2 is 2.25 bits per heavy atom. The fourth-order valence-electron chi connectivity index (χ4n) is 0.461. The van der Waals surface area contributed by atoms with E-state index in [4.69, 9.17) is 5.41 Å². The normalized spacial score (nSPS) is 9.38. The number of carbonyl (C=O) groups excluding carboxylic acids is 1. The smallest absolute Gasteiger partial charge is 0.173 e. The average molecular weight is 113 g/mol. The van der Waals surface area contributed by atoms with Crippen LogP contribution < -0.4 is 0 Å². The minimum atomic E-state index is -0.0833. The number of hydrogen-bond acceptors (Lipinski definition) is 2. The Morgan fingerprint density at radius 1 is 1.75 bits per heavy atom. The second-order valence-electron chi connectivity index (χ2n) is 2.21. The van der Waals surface area contributed by atoms with Crippen LogP contribution in [0.15, 0.2) is 0 Å². The predicted octanol–water partition coefficient (Wildman–Crippen LogP) is 1.25. The van der Waals surface area contributed by atoms with Crippen molar-refractivity contribution < 1.29 is 4.79 Å². The molecule has 0 aromatic carbocycles. The lowest BCUT2D eigenvalue weighted by atomic mass is 10.1. The summed E-state index contributed by atoms with van der Waals surface area (Å²) in [6.07, 6.45) is 1.38. The van der Waals surface area contributed by atoms with Crippen molar-refractivity contribution in [1.29, 1.82) is 5.41 Å². The van der Waals surface area contributed by atoms with Gasteiger partial charge in [-0.05, 0) is 5.92 Å². The molecule has 0 saturated carbocycles. The molecule has 0 aromatic heterocycles. The molecule has 0 amide bonds. The van der Waals surface area contributed by atoms with Crippen LogP contribution in [0.25, 0.3) is 0 Å². The van der Waals surface area contributed by atoms with Gasteiger partial charge in [0.25, 0.3) is 0 Å². The van der Waals surface area contributed by atoms with Crippen molar-refractivity contribution in [3.8, 4) is 0 Å². The van der Waals surface area contributed by atoms with E-state index >= 15 is 0 Å². The van der Waals surface area contributed by atoms with Gasteiger partial charge >= 0.3 is 0 Å². The number of nitrogens with one attached hydrogen (secondary N) is 1. The van der Waals surface area contributed by atoms with Gasteiger partial charge in [-0.1, -0.05) is 13.8 Å². The van der Waals surface area contributed by atoms with E-state index in [0.29, 0.717) is 12.3 Å². The van der Waals surface area contributed by atoms with Gasteiger partial charge in [-0.3, -0.25) is 4.79 Å². The lowest BCUT2D eigenvalue weighted by molar-refractivity contribution is -0.113. The van der Waals surface area contributed by atoms with Gasteiger partial charge < -0.3 is 5.41 Å². The highest BCUT2D eigenvalue weighted by Crippen LogP contribution is 1.97. The summed E-state index contributed by atoms with van der Waals surface area (Å²) in [5.74, 6) is 0.295. The Kier molecular flexibility index (Phi) is 3.08. The number of carbonyl (C=O) groups is 1. The second-order valence-corrected chi connectivity index (χ2v) is 2.21. The Balaban J connectivity index is 3.39. The molecule has 46 valence electrons. The molecule has 0 aliphatic heterocycles. The highest BCUT2D eigenvalue weighted by molar-refractivity contribution is 6.26. The summed E-state index contributed by atoms with van der Waals surface area (Å²) < 4.78 is 0. The first-order valence-electron chi connectivity index (χ1n) is 2.70. The molecule has 0 fully saturated rings. The van der Waals surface area contributed by atoms with Gasteiger partial charge in [-0.25, -0.2) is 0 Å². The quantitative estimate of drug-likeness (QED) is 0.550. The fraction of sp³-hybridized carbons (Fsp3) is 0.667. The molecule has 1 N–H and O–H groups in total. The van der Waals surface area contributed by atoms with E-state index in [1.807, 2.05) is 13.8 Å². The molecule has 0 heterocycles. The summed E-state index contributed by atoms with van der Waals surface area (Å²) in [6, 6.07) is 0. The second kappa shape index (κ2) is 3.36. The van der Waals surface area contributed by atoms with E-state index in [-0.39, 0.29) is 5.78 Å². The van der Waals surface area contributed by atoms with E-state index < -0.39 is 0 Å². The first-order chi connectivity index (χ1) is 3.66. The molecule has 0 bridgehead atoms. The van der Waals surface area contributed by atoms with E-state index in [0.717, 1.165) is 6.21 Å². The van der Waals surface area contributed by atoms with Gasteiger partial charge in [0.2, 0.25) is 0 Å². The number of hydrogen-bond donors (Lipinski definition) is 1. The number of Topliss-reactive ketones (excluding diaryl/α,β-unsaturated/α-hetero) is 1. The van der Waals surface area contributed by atoms with Gasteiger partial charge in [0.15, 0.2) is 5.78 Å². The van der Waals surface area contributed by atoms with Crippen LogP contribution >= 0.6 is 0 Å². The van der Waals surface area contributed by atoms with Crippen LogP contribution in [0.4, 0.5) is 0 Å². The van der Waals surface area contributed by atoms with E-state index in [2.05, 4.69) is 0 Å². The fourth-order valence-corrected chi connectivity index (χ4v) is 0.461. The Bertz CT molecular complexity index is 96.7. The summed E-state index contributed by atoms with van der Waals surface area (Å²) in [5, 5.41) is 6.53. The molecule has 0 unspecified atom stereocenters. The van der Waals surface area contributed by atoms with Crippen molar-refractivity contribution in [3.05, 3.63) is 0 Å². The molecule has 2 heteroatoms. The van der Waals surface area contributed by atoms with Crippen LogP contribution in [0.3, 0.4) is 0 Å². The summed E-state index contributed by atoms with van der Waals surface area (Å²) in [7, 11) is 0. The van der Waals surface area contributed by atoms with Crippen molar-refractivity contribution in [1.82, 2.24) is 0 Å². The van der Waals surface area contributed by atoms with Crippen LogP contribution in [-0.2, 0) is 4.79 Å². The lowest BCUT2D eigenvalue weighted by Crippen LogP contribution is -2.02. The molecule has 0 saturated heterocycles. The van der Waals surface area contributed by atoms with Crippen LogP contribution in [0.2, 0.25) is 0 Å². The maximum absolute atomic E-state index is 10.4. The zero-order valence-electron chi connectivity index (χ0n) is 5.27. The lowest BCUT2D eigenvalue weighted by Gasteiger charge is -1.95. The average Bonchev–Trinajstić information content (AvgIpc) is 1.65. The molecule has 8 heavy (non-hydrogen) atoms. The topological polar surface area (TPSA) is 40.9 Å². The highest BCUT2D eigenvalue weighted by Gasteiger charge is 1.98. The Morgan fingerprint density at radius 3 is 2.38 bits per heavy atom. The largest absolute Gasteiger partial charge is 0.305 e. The highest BCUT2D eigenvalue weighted by atomic mass is 16.1. The van der Waals surface area contributed by atoms with Crippen molar-refractivity contribution in [2.75, 3.05) is 0 Å². The molecular formula is C6H11NO. The van der Waals surface area contributed by atoms with Gasteiger partial charge in [-0.15, -0.1) is 0 Å². The van der Waals surface area contributed by atoms with Crippen LogP contribution in [0.1, 0.15) is 20.3 Å². The molecule has 0 radical (unpaired) electrons. The molecule has 0 spiro atoms. The molecule has 2 nitrogen and oxygen atoms in total. The first-order valence-corrected chi connectivity index (χ1v) is 2.70. The van der Waals surface area contributed by atoms with Crippen LogP contribution in [0, 0.1) is 11.3 Å². The molecule has 0 aromatic rings. The van der Waals surface area contributed by atoms with Gasteiger partial charge in [0.05, 0.1) is 6.21 Å². The summed E-state index contributed by atoms with van der Waals surface area (Å²) in [4.78, 5) is 10.4. The van der Waals surface area contributed by atoms with E-state index in [1.165, 1.54) is 0 Å². The molecule has 0 aliphatic carbocycles. The Hall–Kier alpha value is -0.660. The summed E-state index contributed by atoms with van der Waals surface area (Å²) >= 11 is 0. The van der Waals surface area contributed by atoms with Crippen LogP contribution in [0.5, 0.6) is 0 Å². The predicted molar refractivity (Wildman–Crippen MR) is 33.2 cm³/mol. The zero-order valence-corrected chi connectivity index (χ0v) is 5.27. The van der Waals surface area contributed by atoms with E-state index in [1.54, 1.807) is 0 Å². The van der Waals surface area contributed by atoms with Crippen molar-refractivity contribution in [2.45, 2.75) is 20.3 Å². The maximum atomic E-state index is 10.4. The minimum Gasteiger partial charge on any atom is -0.305 e. The van der Waals surface area contributed by atoms with Gasteiger partial charge in [-0.2, -0.15) is 0 Å². The summed E-state index contributed by atoms with van der Waals surface area (Å²) in [5.41, 5.74) is 0. The van der Waals surface area contributed by atoms with Crippen molar-refractivity contribution >= 4 is 12.0 Å². The molecule has 0 aliphatic rings. The monoisotopic (exact) mass is 113 g/mol. The zero-order chi connectivity index (χ0) is 6.57. The number of ketones is 1. The number of rotatable bonds is 3. The van der Waals surface area contributed by atoms with Gasteiger partial charge in [0.1, 0.15) is 0 Å². The first kappa shape index (κ1) is 7.34. The third kappa shape index (κ3) is 3.53. The van der Waals surface area contributed by atoms with Gasteiger partial charge in [0, 0.05) is 6.42 Å². The standard InChI is InChI=1S/C6H11NO/c1-5(2)3-6(8)4-7/h4-5,7H,3H2,1-2H3. The SMILES string of the molecule is CC(C)CC(=O)C=N. The van der Waals surface area contributed by atoms with Crippen molar-refractivity contribution in [2.24, 2.45) is 5.92 Å². The van der Waals surface area contributed by atoms with E-state index in [9.17, 15) is 4.79 Å². The third-order valence-electron chi connectivity index (χ3n) is 0.770. The summed E-state index contributed by atoms with van der Waals surface area (Å²) in [6.45, 7) is 3.92. The maximum Gasteiger partial charge on any atom is 0.173 e. The van der Waals surface area contributed by atoms with Crippen molar-refractivity contribution in [3.63, 3.8) is 0 Å². The Labute approximate surface area is 49.4 Å².